The van der Waals surface area contributed by atoms with Crippen molar-refractivity contribution in [3.8, 4) is 0 Å². The van der Waals surface area contributed by atoms with E-state index in [-0.39, 0.29) is 17.7 Å². The summed E-state index contributed by atoms with van der Waals surface area (Å²) in [6, 6.07) is 3.46. The summed E-state index contributed by atoms with van der Waals surface area (Å²) in [6.45, 7) is -0.675. The molecule has 3 aromatic heterocycles. The first-order valence-corrected chi connectivity index (χ1v) is 14.5. The summed E-state index contributed by atoms with van der Waals surface area (Å²) in [5.41, 5.74) is 0.484. The van der Waals surface area contributed by atoms with Crippen molar-refractivity contribution in [3.63, 3.8) is 0 Å². The molecule has 0 aliphatic carbocycles. The molecule has 1 aliphatic heterocycles. The number of nitrogens with zero attached hydrogens (tertiary/aromatic N) is 4. The summed E-state index contributed by atoms with van der Waals surface area (Å²) in [6.07, 6.45) is -2.10. The Morgan fingerprint density at radius 3 is 2.46 bits per heavy atom. The molecule has 0 bridgehead atoms. The number of fused-ring (bicyclic) bond motifs is 1. The van der Waals surface area contributed by atoms with Gasteiger partial charge in [0.15, 0.2) is 23.2 Å². The Morgan fingerprint density at radius 2 is 1.78 bits per heavy atom. The molecule has 22 heteroatoms. The summed E-state index contributed by atoms with van der Waals surface area (Å²) in [5, 5.41) is 23.9. The molecule has 0 radical (unpaired) electrons. The second-order valence-corrected chi connectivity index (χ2v) is 11.8. The molecular formula is C15H20N5O14P3. The van der Waals surface area contributed by atoms with Crippen molar-refractivity contribution in [1.29, 1.82) is 0 Å². The lowest BCUT2D eigenvalue weighted by molar-refractivity contribution is -0.0503. The molecule has 204 valence electrons. The monoisotopic (exact) mass is 587 g/mol. The Morgan fingerprint density at radius 1 is 1.03 bits per heavy atom. The minimum Gasteiger partial charge on any atom is -0.467 e. The second-order valence-electron chi connectivity index (χ2n) is 7.41. The highest BCUT2D eigenvalue weighted by Crippen LogP contribution is 2.66. The highest BCUT2D eigenvalue weighted by molar-refractivity contribution is 7.66. The number of hydrogen-bond acceptors (Lipinski definition) is 14. The van der Waals surface area contributed by atoms with Gasteiger partial charge >= 0.3 is 23.5 Å². The normalized spacial score (nSPS) is 25.7. The predicted molar refractivity (Wildman–Crippen MR) is 117 cm³/mol. The zero-order valence-corrected chi connectivity index (χ0v) is 20.9. The third kappa shape index (κ3) is 6.87. The van der Waals surface area contributed by atoms with Crippen LogP contribution in [0.15, 0.2) is 35.5 Å². The number of nitrogens with one attached hydrogen (secondary N) is 1. The largest absolute Gasteiger partial charge is 0.490 e. The quantitative estimate of drug-likeness (QED) is 0.145. The maximum atomic E-state index is 11.9. The molecule has 19 nitrogen and oxygen atoms in total. The van der Waals surface area contributed by atoms with Crippen LogP contribution in [-0.2, 0) is 38.1 Å². The summed E-state index contributed by atoms with van der Waals surface area (Å²) < 4.78 is 57.8. The van der Waals surface area contributed by atoms with E-state index in [1.54, 1.807) is 12.1 Å². The molecule has 0 aromatic carbocycles. The van der Waals surface area contributed by atoms with E-state index in [9.17, 15) is 33.7 Å². The Bertz CT molecular complexity index is 1380. The molecular weight excluding hydrogens is 567 g/mol. The van der Waals surface area contributed by atoms with E-state index in [0.29, 0.717) is 11.6 Å². The summed E-state index contributed by atoms with van der Waals surface area (Å²) in [7, 11) is -16.7. The van der Waals surface area contributed by atoms with Crippen LogP contribution in [-0.4, -0.2) is 74.2 Å². The number of furan rings is 1. The van der Waals surface area contributed by atoms with Crippen molar-refractivity contribution in [2.75, 3.05) is 11.9 Å². The van der Waals surface area contributed by atoms with Gasteiger partial charge in [0.1, 0.15) is 30.4 Å². The van der Waals surface area contributed by atoms with Crippen LogP contribution in [0.25, 0.3) is 11.2 Å². The van der Waals surface area contributed by atoms with Gasteiger partial charge in [-0.25, -0.2) is 28.6 Å². The van der Waals surface area contributed by atoms with Gasteiger partial charge in [-0.2, -0.15) is 8.62 Å². The number of anilines is 1. The lowest BCUT2D eigenvalue weighted by Crippen LogP contribution is -2.33. The van der Waals surface area contributed by atoms with Crippen molar-refractivity contribution in [2.24, 2.45) is 0 Å². The van der Waals surface area contributed by atoms with Gasteiger partial charge in [-0.15, -0.1) is 0 Å². The van der Waals surface area contributed by atoms with Gasteiger partial charge in [-0.05, 0) is 12.1 Å². The maximum Gasteiger partial charge on any atom is 0.490 e. The SMILES string of the molecule is O=P(O)(O)OP(=O)(O)OP(=O)(O)OCC1OC(n2cnc3c(NCc4ccco4)ncnc32)C(O)C1O. The Hall–Kier alpha value is -2.08. The average molecular weight is 587 g/mol. The number of hydrogen-bond donors (Lipinski definition) is 7. The van der Waals surface area contributed by atoms with Gasteiger partial charge in [0.25, 0.3) is 0 Å². The smallest absolute Gasteiger partial charge is 0.467 e. The number of aliphatic hydroxyl groups excluding tert-OH is 2. The average Bonchev–Trinajstić information content (AvgIpc) is 3.49. The zero-order valence-electron chi connectivity index (χ0n) is 18.2. The standard InChI is InChI=1S/C15H20N5O14P3/c21-11-9(5-31-36(26,27)34-37(28,29)33-35(23,24)25)32-15(12(11)22)20-7-19-10-13(17-6-18-14(10)20)16-4-8-2-1-3-30-8/h1-3,6-7,9,11-12,15,21-22H,4-5H2,(H,26,27)(H,28,29)(H,16,17,18)(H2,23,24,25). The molecule has 7 N–H and O–H groups in total. The van der Waals surface area contributed by atoms with Crippen LogP contribution in [0.4, 0.5) is 5.82 Å². The van der Waals surface area contributed by atoms with E-state index in [2.05, 4.69) is 33.4 Å². The van der Waals surface area contributed by atoms with Crippen molar-refractivity contribution in [2.45, 2.75) is 31.1 Å². The van der Waals surface area contributed by atoms with Gasteiger partial charge in [-0.1, -0.05) is 0 Å². The Labute approximate surface area is 206 Å². The topological polar surface area (TPSA) is 278 Å². The van der Waals surface area contributed by atoms with Gasteiger partial charge in [0.2, 0.25) is 0 Å². The highest BCUT2D eigenvalue weighted by Gasteiger charge is 2.47. The van der Waals surface area contributed by atoms with Crippen LogP contribution in [0, 0.1) is 0 Å². The van der Waals surface area contributed by atoms with Crippen molar-refractivity contribution >= 4 is 40.4 Å². The first kappa shape index (κ1) is 27.9. The van der Waals surface area contributed by atoms with E-state index in [4.69, 9.17) is 18.9 Å². The molecule has 1 aliphatic rings. The van der Waals surface area contributed by atoms with E-state index in [1.165, 1.54) is 23.5 Å². The van der Waals surface area contributed by atoms with Crippen molar-refractivity contribution in [1.82, 2.24) is 19.5 Å². The Kier molecular flexibility index (Phi) is 8.00. The third-order valence-electron chi connectivity index (χ3n) is 4.80. The molecule has 1 fully saturated rings. The van der Waals surface area contributed by atoms with E-state index < -0.39 is 54.6 Å². The molecule has 0 amide bonds. The van der Waals surface area contributed by atoms with Crippen LogP contribution in [0.2, 0.25) is 0 Å². The van der Waals surface area contributed by atoms with E-state index >= 15 is 0 Å². The van der Waals surface area contributed by atoms with Crippen LogP contribution >= 0.6 is 23.5 Å². The van der Waals surface area contributed by atoms with Crippen LogP contribution in [0.3, 0.4) is 0 Å². The lowest BCUT2D eigenvalue weighted by Gasteiger charge is -2.19. The summed E-state index contributed by atoms with van der Waals surface area (Å²) >= 11 is 0. The van der Waals surface area contributed by atoms with Crippen LogP contribution < -0.4 is 5.32 Å². The molecule has 3 aromatic rings. The summed E-state index contributed by atoms with van der Waals surface area (Å²) in [5.74, 6) is 0.958. The third-order valence-corrected chi connectivity index (χ3v) is 8.60. The molecule has 37 heavy (non-hydrogen) atoms. The van der Waals surface area contributed by atoms with Crippen molar-refractivity contribution < 1.29 is 65.8 Å². The fourth-order valence-corrected chi connectivity index (χ4v) is 6.35. The predicted octanol–water partition coefficient (Wildman–Crippen LogP) is -0.00610. The van der Waals surface area contributed by atoms with Crippen molar-refractivity contribution in [3.05, 3.63) is 36.8 Å². The number of phosphoric ester groups is 1. The number of imidazole rings is 1. The molecule has 0 spiro atoms. The van der Waals surface area contributed by atoms with Gasteiger partial charge < -0.3 is 44.3 Å². The minimum absolute atomic E-state index is 0.196. The fraction of sp³-hybridized carbons (Fsp3) is 0.400. The Balaban J connectivity index is 1.44. The number of phosphoric acid groups is 3. The molecule has 4 rings (SSSR count). The fourth-order valence-electron chi connectivity index (χ4n) is 3.32. The number of aliphatic hydroxyl groups is 2. The molecule has 6 unspecified atom stereocenters. The second kappa shape index (κ2) is 10.6. The number of ether oxygens (including phenoxy) is 1. The van der Waals surface area contributed by atoms with E-state index in [1.807, 2.05) is 0 Å². The summed E-state index contributed by atoms with van der Waals surface area (Å²) in [4.78, 5) is 48.4. The number of rotatable bonds is 11. The highest BCUT2D eigenvalue weighted by atomic mass is 31.3. The molecule has 4 heterocycles. The maximum absolute atomic E-state index is 11.9. The van der Waals surface area contributed by atoms with Gasteiger partial charge in [0, 0.05) is 0 Å². The van der Waals surface area contributed by atoms with E-state index in [0.717, 1.165) is 0 Å². The van der Waals surface area contributed by atoms with Gasteiger partial charge in [-0.3, -0.25) is 9.09 Å². The first-order chi connectivity index (χ1) is 17.2. The number of aromatic nitrogens is 4. The molecule has 1 saturated heterocycles. The lowest BCUT2D eigenvalue weighted by atomic mass is 10.1. The molecule has 0 saturated carbocycles. The first-order valence-electron chi connectivity index (χ1n) is 9.98. The van der Waals surface area contributed by atoms with Crippen LogP contribution in [0.5, 0.6) is 0 Å². The zero-order chi connectivity index (χ0) is 27.0. The molecule has 6 atom stereocenters. The van der Waals surface area contributed by atoms with Gasteiger partial charge in [0.05, 0.1) is 25.7 Å². The van der Waals surface area contributed by atoms with Crippen LogP contribution in [0.1, 0.15) is 12.0 Å². The minimum atomic E-state index is -5.72.